The highest BCUT2D eigenvalue weighted by Crippen LogP contribution is 2.32. The van der Waals surface area contributed by atoms with Crippen LogP contribution in [-0.4, -0.2) is 51.8 Å². The lowest BCUT2D eigenvalue weighted by Crippen LogP contribution is -2.30. The number of hydrogen-bond donors (Lipinski definition) is 0. The van der Waals surface area contributed by atoms with E-state index in [4.69, 9.17) is 9.47 Å². The lowest BCUT2D eigenvalue weighted by molar-refractivity contribution is 0.0741. The molecule has 1 amide bonds. The summed E-state index contributed by atoms with van der Waals surface area (Å²) < 4.78 is 12.4. The van der Waals surface area contributed by atoms with E-state index < -0.39 is 0 Å². The van der Waals surface area contributed by atoms with Crippen LogP contribution in [0.3, 0.4) is 0 Å². The largest absolute Gasteiger partial charge is 0.497 e. The van der Waals surface area contributed by atoms with Crippen LogP contribution in [0, 0.1) is 0 Å². The Morgan fingerprint density at radius 1 is 1.11 bits per heavy atom. The second kappa shape index (κ2) is 7.86. The molecular weight excluding hydrogens is 346 g/mol. The molecule has 0 unspecified atom stereocenters. The molecule has 0 saturated heterocycles. The molecule has 27 heavy (non-hydrogen) atoms. The fourth-order valence-corrected chi connectivity index (χ4v) is 2.76. The molecular formula is C19H21N5O3. The SMILES string of the molecule is COc1ccc([C@@H](C)N(C)C(=O)c2ccnc(-n3cnnc3)c2)c(OC)c1. The molecule has 0 aliphatic heterocycles. The van der Waals surface area contributed by atoms with Gasteiger partial charge in [0.05, 0.1) is 20.3 Å². The third kappa shape index (κ3) is 3.74. The summed E-state index contributed by atoms with van der Waals surface area (Å²) in [5.41, 5.74) is 1.41. The number of aromatic nitrogens is 4. The van der Waals surface area contributed by atoms with E-state index in [1.165, 1.54) is 12.7 Å². The van der Waals surface area contributed by atoms with Crippen molar-refractivity contribution in [2.24, 2.45) is 0 Å². The maximum Gasteiger partial charge on any atom is 0.254 e. The highest BCUT2D eigenvalue weighted by molar-refractivity contribution is 5.94. The van der Waals surface area contributed by atoms with Crippen molar-refractivity contribution in [1.29, 1.82) is 0 Å². The quantitative estimate of drug-likeness (QED) is 0.666. The maximum atomic E-state index is 13.0. The first-order chi connectivity index (χ1) is 13.0. The number of amides is 1. The summed E-state index contributed by atoms with van der Waals surface area (Å²) in [4.78, 5) is 18.9. The molecule has 3 rings (SSSR count). The van der Waals surface area contributed by atoms with Crippen molar-refractivity contribution in [1.82, 2.24) is 24.6 Å². The number of benzene rings is 1. The zero-order chi connectivity index (χ0) is 19.4. The van der Waals surface area contributed by atoms with Gasteiger partial charge in [-0.25, -0.2) is 4.98 Å². The van der Waals surface area contributed by atoms with E-state index in [1.54, 1.807) is 55.1 Å². The highest BCUT2D eigenvalue weighted by atomic mass is 16.5. The van der Waals surface area contributed by atoms with Crippen LogP contribution in [-0.2, 0) is 0 Å². The molecule has 0 N–H and O–H groups in total. The van der Waals surface area contributed by atoms with Crippen molar-refractivity contribution in [2.45, 2.75) is 13.0 Å². The molecule has 8 heteroatoms. The van der Waals surface area contributed by atoms with Gasteiger partial charge in [-0.05, 0) is 31.2 Å². The molecule has 0 bridgehead atoms. The van der Waals surface area contributed by atoms with Crippen LogP contribution < -0.4 is 9.47 Å². The molecule has 0 radical (unpaired) electrons. The van der Waals surface area contributed by atoms with Gasteiger partial charge in [0.2, 0.25) is 0 Å². The standard InChI is InChI=1S/C19H21N5O3/c1-13(16-6-5-15(26-3)10-17(16)27-4)23(2)19(25)14-7-8-20-18(9-14)24-11-21-22-12-24/h5-13H,1-4H3/t13-/m1/s1. The van der Waals surface area contributed by atoms with Crippen LogP contribution in [0.4, 0.5) is 0 Å². The first-order valence-corrected chi connectivity index (χ1v) is 8.35. The molecule has 2 aromatic heterocycles. The third-order valence-electron chi connectivity index (χ3n) is 4.47. The molecule has 0 spiro atoms. The molecule has 0 saturated carbocycles. The van der Waals surface area contributed by atoms with Crippen molar-refractivity contribution in [2.75, 3.05) is 21.3 Å². The van der Waals surface area contributed by atoms with E-state index >= 15 is 0 Å². The number of methoxy groups -OCH3 is 2. The summed E-state index contributed by atoms with van der Waals surface area (Å²) in [6.07, 6.45) is 4.66. The fraction of sp³-hybridized carbons (Fsp3) is 0.263. The first kappa shape index (κ1) is 18.4. The minimum Gasteiger partial charge on any atom is -0.497 e. The Morgan fingerprint density at radius 2 is 1.85 bits per heavy atom. The van der Waals surface area contributed by atoms with E-state index in [0.29, 0.717) is 22.9 Å². The number of ether oxygens (including phenoxy) is 2. The van der Waals surface area contributed by atoms with Crippen molar-refractivity contribution in [3.05, 3.63) is 60.3 Å². The second-order valence-electron chi connectivity index (χ2n) is 5.97. The normalized spacial score (nSPS) is 11.7. The average molecular weight is 367 g/mol. The Hall–Kier alpha value is -3.42. The van der Waals surface area contributed by atoms with Gasteiger partial charge < -0.3 is 14.4 Å². The molecule has 0 fully saturated rings. The first-order valence-electron chi connectivity index (χ1n) is 8.35. The maximum absolute atomic E-state index is 13.0. The zero-order valence-electron chi connectivity index (χ0n) is 15.7. The van der Waals surface area contributed by atoms with Crippen LogP contribution in [0.25, 0.3) is 5.82 Å². The van der Waals surface area contributed by atoms with Gasteiger partial charge in [0, 0.05) is 30.4 Å². The predicted molar refractivity (Wildman–Crippen MR) is 99.2 cm³/mol. The summed E-state index contributed by atoms with van der Waals surface area (Å²) in [7, 11) is 4.96. The Balaban J connectivity index is 1.86. The molecule has 0 aliphatic carbocycles. The number of nitrogens with zero attached hydrogens (tertiary/aromatic N) is 5. The second-order valence-corrected chi connectivity index (χ2v) is 5.97. The molecule has 3 aromatic rings. The van der Waals surface area contributed by atoms with E-state index in [-0.39, 0.29) is 11.9 Å². The van der Waals surface area contributed by atoms with Gasteiger partial charge in [-0.15, -0.1) is 10.2 Å². The van der Waals surface area contributed by atoms with Crippen LogP contribution in [0.1, 0.15) is 28.9 Å². The molecule has 0 aliphatic rings. The molecule has 140 valence electrons. The van der Waals surface area contributed by atoms with Crippen molar-refractivity contribution < 1.29 is 14.3 Å². The van der Waals surface area contributed by atoms with E-state index in [1.807, 2.05) is 19.1 Å². The summed E-state index contributed by atoms with van der Waals surface area (Å²) in [6.45, 7) is 1.95. The van der Waals surface area contributed by atoms with E-state index in [2.05, 4.69) is 15.2 Å². The Labute approximate surface area is 157 Å². The Bertz CT molecular complexity index is 927. The molecule has 8 nitrogen and oxygen atoms in total. The number of carbonyl (C=O) groups is 1. The predicted octanol–water partition coefficient (Wildman–Crippen LogP) is 2.51. The highest BCUT2D eigenvalue weighted by Gasteiger charge is 2.22. The van der Waals surface area contributed by atoms with Crippen LogP contribution in [0.15, 0.2) is 49.2 Å². The minimum atomic E-state index is -0.204. The monoisotopic (exact) mass is 367 g/mol. The summed E-state index contributed by atoms with van der Waals surface area (Å²) >= 11 is 0. The smallest absolute Gasteiger partial charge is 0.254 e. The number of carbonyl (C=O) groups excluding carboxylic acids is 1. The van der Waals surface area contributed by atoms with Crippen LogP contribution in [0.5, 0.6) is 11.5 Å². The van der Waals surface area contributed by atoms with Gasteiger partial charge >= 0.3 is 0 Å². The topological polar surface area (TPSA) is 82.4 Å². The van der Waals surface area contributed by atoms with Gasteiger partial charge in [0.25, 0.3) is 5.91 Å². The summed E-state index contributed by atoms with van der Waals surface area (Å²) in [5.74, 6) is 1.82. The number of rotatable bonds is 6. The third-order valence-corrected chi connectivity index (χ3v) is 4.47. The van der Waals surface area contributed by atoms with Gasteiger partial charge in [-0.2, -0.15) is 0 Å². The Kier molecular flexibility index (Phi) is 5.35. The minimum absolute atomic E-state index is 0.128. The summed E-state index contributed by atoms with van der Waals surface area (Å²) in [5, 5.41) is 7.53. The van der Waals surface area contributed by atoms with Gasteiger partial charge in [-0.1, -0.05) is 0 Å². The zero-order valence-corrected chi connectivity index (χ0v) is 15.7. The van der Waals surface area contributed by atoms with Crippen molar-refractivity contribution in [3.63, 3.8) is 0 Å². The lowest BCUT2D eigenvalue weighted by atomic mass is 10.0. The fourth-order valence-electron chi connectivity index (χ4n) is 2.76. The summed E-state index contributed by atoms with van der Waals surface area (Å²) in [6, 6.07) is 8.75. The number of pyridine rings is 1. The van der Waals surface area contributed by atoms with Gasteiger partial charge in [-0.3, -0.25) is 9.36 Å². The van der Waals surface area contributed by atoms with Gasteiger partial charge in [0.1, 0.15) is 30.0 Å². The van der Waals surface area contributed by atoms with E-state index in [0.717, 1.165) is 5.56 Å². The lowest BCUT2D eigenvalue weighted by Gasteiger charge is -2.27. The molecule has 1 aromatic carbocycles. The van der Waals surface area contributed by atoms with Crippen LogP contribution in [0.2, 0.25) is 0 Å². The van der Waals surface area contributed by atoms with Crippen molar-refractivity contribution >= 4 is 5.91 Å². The van der Waals surface area contributed by atoms with Gasteiger partial charge in [0.15, 0.2) is 0 Å². The molecule has 2 heterocycles. The van der Waals surface area contributed by atoms with Crippen molar-refractivity contribution in [3.8, 4) is 17.3 Å². The average Bonchev–Trinajstić information content (AvgIpc) is 3.26. The molecule has 1 atom stereocenters. The number of hydrogen-bond acceptors (Lipinski definition) is 6. The Morgan fingerprint density at radius 3 is 2.52 bits per heavy atom. The van der Waals surface area contributed by atoms with Crippen LogP contribution >= 0.6 is 0 Å². The van der Waals surface area contributed by atoms with E-state index in [9.17, 15) is 4.79 Å².